The summed E-state index contributed by atoms with van der Waals surface area (Å²) in [6.45, 7) is 3.98. The van der Waals surface area contributed by atoms with E-state index in [1.54, 1.807) is 10.6 Å². The highest BCUT2D eigenvalue weighted by Crippen LogP contribution is 2.50. The number of nitrogens with zero attached hydrogens (tertiary/aromatic N) is 6. The van der Waals surface area contributed by atoms with Gasteiger partial charge in [-0.3, -0.25) is 4.79 Å². The van der Waals surface area contributed by atoms with Crippen molar-refractivity contribution in [2.45, 2.75) is 51.1 Å². The standard InChI is InChI=1S/C24H28F3N7O2.CH2O2/c1-14-13-35-19-18(32(14)2)21(33-8-6-23(7-9-33)11-16(28)12-23)31-34-20(29-30-22(19)34)15-4-3-5-17(10-15)36-24(25,26)27;2-1-3/h3-5,10,14,16H,6-9,11-13,28H2,1-2H3;1H,(H,2,3). The first-order valence-corrected chi connectivity index (χ1v) is 12.6. The van der Waals surface area contributed by atoms with Crippen LogP contribution in [0.5, 0.6) is 11.5 Å². The zero-order valence-electron chi connectivity index (χ0n) is 21.6. The molecule has 39 heavy (non-hydrogen) atoms. The van der Waals surface area contributed by atoms with E-state index in [1.165, 1.54) is 18.2 Å². The molecule has 11 nitrogen and oxygen atoms in total. The molecule has 3 aromatic rings. The van der Waals surface area contributed by atoms with Gasteiger partial charge in [-0.1, -0.05) is 12.1 Å². The van der Waals surface area contributed by atoms with Gasteiger partial charge in [0.1, 0.15) is 18.0 Å². The number of hydrogen-bond donors (Lipinski definition) is 2. The summed E-state index contributed by atoms with van der Waals surface area (Å²) in [5.41, 5.74) is 8.09. The van der Waals surface area contributed by atoms with E-state index in [1.807, 2.05) is 7.05 Å². The van der Waals surface area contributed by atoms with Crippen molar-refractivity contribution in [3.63, 3.8) is 0 Å². The third-order valence-electron chi connectivity index (χ3n) is 7.79. The Labute approximate surface area is 222 Å². The largest absolute Gasteiger partial charge is 0.573 e. The van der Waals surface area contributed by atoms with Crippen LogP contribution in [0.15, 0.2) is 24.3 Å². The molecule has 3 N–H and O–H groups in total. The lowest BCUT2D eigenvalue weighted by atomic mass is 9.61. The van der Waals surface area contributed by atoms with Crippen LogP contribution in [0.1, 0.15) is 32.6 Å². The molecule has 2 aromatic heterocycles. The molecule has 210 valence electrons. The number of hydrogen-bond acceptors (Lipinski definition) is 9. The maximum absolute atomic E-state index is 12.8. The van der Waals surface area contributed by atoms with Crippen LogP contribution in [0.2, 0.25) is 0 Å². The van der Waals surface area contributed by atoms with Crippen LogP contribution in [0.25, 0.3) is 17.0 Å². The average molecular weight is 550 g/mol. The Morgan fingerprint density at radius 1 is 1.23 bits per heavy atom. The van der Waals surface area contributed by atoms with Gasteiger partial charge in [-0.25, -0.2) is 0 Å². The van der Waals surface area contributed by atoms with Crippen molar-refractivity contribution in [2.24, 2.45) is 11.1 Å². The number of aromatic nitrogens is 4. The van der Waals surface area contributed by atoms with Gasteiger partial charge in [0.25, 0.3) is 6.47 Å². The van der Waals surface area contributed by atoms with E-state index in [2.05, 4.69) is 31.7 Å². The van der Waals surface area contributed by atoms with Gasteiger partial charge in [0, 0.05) is 31.7 Å². The predicted molar refractivity (Wildman–Crippen MR) is 136 cm³/mol. The Morgan fingerprint density at radius 3 is 2.56 bits per heavy atom. The van der Waals surface area contributed by atoms with Crippen molar-refractivity contribution < 1.29 is 32.5 Å². The van der Waals surface area contributed by atoms with Gasteiger partial charge in [-0.15, -0.1) is 28.5 Å². The van der Waals surface area contributed by atoms with E-state index >= 15 is 0 Å². The van der Waals surface area contributed by atoms with E-state index in [0.717, 1.165) is 50.3 Å². The van der Waals surface area contributed by atoms with Gasteiger partial charge in [0.15, 0.2) is 17.4 Å². The lowest BCUT2D eigenvalue weighted by Crippen LogP contribution is -2.52. The molecule has 1 aliphatic carbocycles. The monoisotopic (exact) mass is 549 g/mol. The zero-order valence-corrected chi connectivity index (χ0v) is 21.6. The molecule has 3 aliphatic rings. The Bertz CT molecular complexity index is 1350. The van der Waals surface area contributed by atoms with Gasteiger partial charge < -0.3 is 30.1 Å². The van der Waals surface area contributed by atoms with Crippen molar-refractivity contribution in [1.29, 1.82) is 0 Å². The van der Waals surface area contributed by atoms with Crippen LogP contribution in [0, 0.1) is 5.41 Å². The number of benzene rings is 1. The number of rotatable bonds is 3. The molecule has 0 radical (unpaired) electrons. The lowest BCUT2D eigenvalue weighted by Gasteiger charge is -2.51. The number of ether oxygens (including phenoxy) is 2. The lowest BCUT2D eigenvalue weighted by molar-refractivity contribution is -0.274. The van der Waals surface area contributed by atoms with E-state index in [-0.39, 0.29) is 18.3 Å². The topological polar surface area (TPSA) is 131 Å². The van der Waals surface area contributed by atoms with Gasteiger partial charge in [-0.05, 0) is 50.2 Å². The summed E-state index contributed by atoms with van der Waals surface area (Å²) in [5.74, 6) is 1.31. The molecule has 1 saturated heterocycles. The summed E-state index contributed by atoms with van der Waals surface area (Å²) in [4.78, 5) is 12.8. The molecule has 14 heteroatoms. The van der Waals surface area contributed by atoms with Gasteiger partial charge in [0.05, 0.1) is 6.04 Å². The molecular formula is C25H30F3N7O4. The van der Waals surface area contributed by atoms with Crippen LogP contribution in [-0.2, 0) is 4.79 Å². The average Bonchev–Trinajstić information content (AvgIpc) is 3.29. The predicted octanol–water partition coefficient (Wildman–Crippen LogP) is 3.32. The normalized spacial score (nSPS) is 20.5. The van der Waals surface area contributed by atoms with Gasteiger partial charge in [-0.2, -0.15) is 4.52 Å². The molecule has 4 heterocycles. The second kappa shape index (κ2) is 10.1. The third kappa shape index (κ3) is 5.12. The Kier molecular flexibility index (Phi) is 6.91. The smallest absolute Gasteiger partial charge is 0.485 e. The molecule has 1 aromatic carbocycles. The second-order valence-electron chi connectivity index (χ2n) is 10.4. The van der Waals surface area contributed by atoms with Gasteiger partial charge >= 0.3 is 6.36 Å². The van der Waals surface area contributed by atoms with Crippen LogP contribution in [-0.4, -0.2) is 76.6 Å². The first kappa shape index (κ1) is 26.8. The fraction of sp³-hybridized carbons (Fsp3) is 0.520. The first-order chi connectivity index (χ1) is 18.5. The summed E-state index contributed by atoms with van der Waals surface area (Å²) in [5, 5.41) is 20.4. The number of fused-ring (bicyclic) bond motifs is 3. The number of anilines is 2. The van der Waals surface area contributed by atoms with E-state index in [4.69, 9.17) is 25.5 Å². The van der Waals surface area contributed by atoms with Crippen molar-refractivity contribution in [3.8, 4) is 22.9 Å². The van der Waals surface area contributed by atoms with Crippen molar-refractivity contribution in [3.05, 3.63) is 24.3 Å². The molecule has 2 aliphatic heterocycles. The Balaban J connectivity index is 0.000000983. The summed E-state index contributed by atoms with van der Waals surface area (Å²) >= 11 is 0. The fourth-order valence-electron chi connectivity index (χ4n) is 5.73. The highest BCUT2D eigenvalue weighted by Gasteiger charge is 2.45. The Hall–Kier alpha value is -3.81. The summed E-state index contributed by atoms with van der Waals surface area (Å²) in [7, 11) is 2.01. The molecule has 2 fully saturated rings. The van der Waals surface area contributed by atoms with Crippen LogP contribution < -0.4 is 25.0 Å². The number of likely N-dealkylation sites (N-methyl/N-ethyl adjacent to an activating group) is 1. The van der Waals surface area contributed by atoms with Gasteiger partial charge in [0.2, 0.25) is 5.65 Å². The van der Waals surface area contributed by atoms with Crippen molar-refractivity contribution in [1.82, 2.24) is 19.8 Å². The molecule has 0 amide bonds. The van der Waals surface area contributed by atoms with E-state index in [0.29, 0.717) is 40.8 Å². The summed E-state index contributed by atoms with van der Waals surface area (Å²) < 4.78 is 50.2. The number of nitrogens with two attached hydrogens (primary N) is 1. The molecule has 1 spiro atoms. The number of carbonyl (C=O) groups is 1. The molecular weight excluding hydrogens is 519 g/mol. The SMILES string of the molecule is CC1COc2c(c(N3CCC4(CC3)CC(N)C4)nn3c(-c4cccc(OC(F)(F)F)c4)nnc23)N1C.O=CO. The molecule has 1 saturated carbocycles. The Morgan fingerprint density at radius 2 is 1.92 bits per heavy atom. The van der Waals surface area contributed by atoms with E-state index < -0.39 is 6.36 Å². The van der Waals surface area contributed by atoms with Crippen molar-refractivity contribution >= 4 is 23.6 Å². The maximum Gasteiger partial charge on any atom is 0.573 e. The summed E-state index contributed by atoms with van der Waals surface area (Å²) in [6.07, 6.45) is -0.571. The number of halogens is 3. The highest BCUT2D eigenvalue weighted by atomic mass is 19.4. The maximum atomic E-state index is 12.8. The van der Waals surface area contributed by atoms with Crippen LogP contribution in [0.4, 0.5) is 24.7 Å². The zero-order chi connectivity index (χ0) is 27.9. The highest BCUT2D eigenvalue weighted by molar-refractivity contribution is 5.83. The fourth-order valence-corrected chi connectivity index (χ4v) is 5.73. The minimum absolute atomic E-state index is 0.139. The quantitative estimate of drug-likeness (QED) is 0.469. The first-order valence-electron chi connectivity index (χ1n) is 12.6. The number of piperidine rings is 1. The summed E-state index contributed by atoms with van der Waals surface area (Å²) in [6, 6.07) is 6.10. The molecule has 0 bridgehead atoms. The number of alkyl halides is 3. The van der Waals surface area contributed by atoms with Crippen LogP contribution >= 0.6 is 0 Å². The molecule has 6 rings (SSSR count). The molecule has 1 unspecified atom stereocenters. The number of carboxylic acid groups (broad SMARTS) is 1. The minimum atomic E-state index is -4.79. The van der Waals surface area contributed by atoms with Crippen molar-refractivity contribution in [2.75, 3.05) is 36.5 Å². The van der Waals surface area contributed by atoms with Crippen LogP contribution in [0.3, 0.4) is 0 Å². The third-order valence-corrected chi connectivity index (χ3v) is 7.79. The minimum Gasteiger partial charge on any atom is -0.485 e. The second-order valence-corrected chi connectivity index (χ2v) is 10.4. The molecule has 1 atom stereocenters. The van der Waals surface area contributed by atoms with E-state index in [9.17, 15) is 13.2 Å².